The van der Waals surface area contributed by atoms with Gasteiger partial charge in [-0.1, -0.05) is 20.8 Å². The molecule has 0 heterocycles. The average molecular weight is 225 g/mol. The fourth-order valence-electron chi connectivity index (χ4n) is 2.82. The van der Waals surface area contributed by atoms with E-state index >= 15 is 0 Å². The van der Waals surface area contributed by atoms with Gasteiger partial charge in [-0.2, -0.15) is 0 Å². The first-order valence-electron chi connectivity index (χ1n) is 6.85. The molecule has 0 aromatic heterocycles. The van der Waals surface area contributed by atoms with Gasteiger partial charge in [-0.25, -0.2) is 0 Å². The molecule has 2 N–H and O–H groups in total. The number of hydrogen-bond donors (Lipinski definition) is 2. The van der Waals surface area contributed by atoms with E-state index < -0.39 is 5.60 Å². The maximum absolute atomic E-state index is 10.5. The Balaban J connectivity index is 1.78. The van der Waals surface area contributed by atoms with Crippen molar-refractivity contribution in [1.82, 2.24) is 5.32 Å². The molecule has 0 atom stereocenters. The lowest BCUT2D eigenvalue weighted by Gasteiger charge is -2.41. The van der Waals surface area contributed by atoms with Crippen molar-refractivity contribution in [3.05, 3.63) is 0 Å². The summed E-state index contributed by atoms with van der Waals surface area (Å²) in [7, 11) is 0. The molecule has 0 saturated heterocycles. The molecule has 0 amide bonds. The van der Waals surface area contributed by atoms with Gasteiger partial charge in [-0.15, -0.1) is 0 Å². The Bertz CT molecular complexity index is 232. The summed E-state index contributed by atoms with van der Waals surface area (Å²) in [6.07, 6.45) is 6.95. The lowest BCUT2D eigenvalue weighted by Crippen LogP contribution is -2.45. The summed E-state index contributed by atoms with van der Waals surface area (Å²) in [4.78, 5) is 0. The summed E-state index contributed by atoms with van der Waals surface area (Å²) in [6, 6.07) is 0.712. The third-order valence-electron chi connectivity index (χ3n) is 4.44. The fourth-order valence-corrected chi connectivity index (χ4v) is 2.82. The summed E-state index contributed by atoms with van der Waals surface area (Å²) in [5.74, 6) is 0.786. The van der Waals surface area contributed by atoms with E-state index in [9.17, 15) is 5.11 Å². The Labute approximate surface area is 99.8 Å². The zero-order valence-corrected chi connectivity index (χ0v) is 11.1. The van der Waals surface area contributed by atoms with Gasteiger partial charge >= 0.3 is 0 Å². The third kappa shape index (κ3) is 3.21. The first-order chi connectivity index (χ1) is 7.39. The normalized spacial score (nSPS) is 36.4. The van der Waals surface area contributed by atoms with Crippen LogP contribution in [0.4, 0.5) is 0 Å². The number of nitrogens with one attached hydrogen (secondary N) is 1. The number of rotatable bonds is 3. The highest BCUT2D eigenvalue weighted by Gasteiger charge is 2.38. The van der Waals surface area contributed by atoms with E-state index in [0.717, 1.165) is 25.3 Å². The molecule has 2 fully saturated rings. The lowest BCUT2D eigenvalue weighted by molar-refractivity contribution is -0.0239. The van der Waals surface area contributed by atoms with Crippen LogP contribution < -0.4 is 5.32 Å². The molecule has 0 radical (unpaired) electrons. The van der Waals surface area contributed by atoms with Gasteiger partial charge in [-0.3, -0.25) is 0 Å². The van der Waals surface area contributed by atoms with Crippen LogP contribution in [-0.4, -0.2) is 23.3 Å². The van der Waals surface area contributed by atoms with E-state index in [1.807, 2.05) is 0 Å². The molecule has 2 saturated carbocycles. The molecule has 2 aliphatic rings. The van der Waals surface area contributed by atoms with Crippen molar-refractivity contribution in [2.45, 2.75) is 70.9 Å². The molecular weight excluding hydrogens is 198 g/mol. The van der Waals surface area contributed by atoms with Gasteiger partial charge in [0.15, 0.2) is 0 Å². The van der Waals surface area contributed by atoms with Crippen LogP contribution in [0.5, 0.6) is 0 Å². The van der Waals surface area contributed by atoms with Crippen LogP contribution in [0.25, 0.3) is 0 Å². The minimum Gasteiger partial charge on any atom is -0.389 e. The van der Waals surface area contributed by atoms with E-state index in [4.69, 9.17) is 0 Å². The predicted molar refractivity (Wildman–Crippen MR) is 67.4 cm³/mol. The highest BCUT2D eigenvalue weighted by atomic mass is 16.3. The maximum Gasteiger partial charge on any atom is 0.0771 e. The van der Waals surface area contributed by atoms with Gasteiger partial charge in [0, 0.05) is 12.6 Å². The van der Waals surface area contributed by atoms with Gasteiger partial charge in [0.05, 0.1) is 5.60 Å². The second kappa shape index (κ2) is 4.30. The SMILES string of the molecule is CC(C)(C)C1CCC(O)(CNC2CC2)CC1. The first kappa shape index (κ1) is 12.4. The van der Waals surface area contributed by atoms with Crippen molar-refractivity contribution in [2.24, 2.45) is 11.3 Å². The highest BCUT2D eigenvalue weighted by molar-refractivity contribution is 4.93. The van der Waals surface area contributed by atoms with Crippen molar-refractivity contribution >= 4 is 0 Å². The molecular formula is C14H27NO. The average Bonchev–Trinajstić information content (AvgIpc) is 2.97. The smallest absolute Gasteiger partial charge is 0.0771 e. The van der Waals surface area contributed by atoms with E-state index in [2.05, 4.69) is 26.1 Å². The van der Waals surface area contributed by atoms with Crippen molar-refractivity contribution in [1.29, 1.82) is 0 Å². The van der Waals surface area contributed by atoms with E-state index in [0.29, 0.717) is 11.5 Å². The van der Waals surface area contributed by atoms with E-state index in [1.165, 1.54) is 25.7 Å². The number of hydrogen-bond acceptors (Lipinski definition) is 2. The summed E-state index contributed by atoms with van der Waals surface area (Å²) in [5, 5.41) is 13.9. The molecule has 2 rings (SSSR count). The van der Waals surface area contributed by atoms with Crippen LogP contribution in [0, 0.1) is 11.3 Å². The van der Waals surface area contributed by atoms with Crippen molar-refractivity contribution in [3.8, 4) is 0 Å². The van der Waals surface area contributed by atoms with E-state index in [1.54, 1.807) is 0 Å². The summed E-state index contributed by atoms with van der Waals surface area (Å²) >= 11 is 0. The van der Waals surface area contributed by atoms with Crippen LogP contribution in [0.1, 0.15) is 59.3 Å². The van der Waals surface area contributed by atoms with Crippen LogP contribution >= 0.6 is 0 Å². The zero-order valence-electron chi connectivity index (χ0n) is 11.1. The van der Waals surface area contributed by atoms with Crippen LogP contribution in [0.2, 0.25) is 0 Å². The quantitative estimate of drug-likeness (QED) is 0.774. The van der Waals surface area contributed by atoms with Crippen LogP contribution in [-0.2, 0) is 0 Å². The monoisotopic (exact) mass is 225 g/mol. The Morgan fingerprint density at radius 3 is 2.12 bits per heavy atom. The van der Waals surface area contributed by atoms with Crippen molar-refractivity contribution in [3.63, 3.8) is 0 Å². The van der Waals surface area contributed by atoms with Crippen molar-refractivity contribution < 1.29 is 5.11 Å². The molecule has 0 spiro atoms. The molecule has 0 aromatic carbocycles. The van der Waals surface area contributed by atoms with E-state index in [-0.39, 0.29) is 0 Å². The van der Waals surface area contributed by atoms with Gasteiger partial charge in [-0.05, 0) is 49.9 Å². The molecule has 2 heteroatoms. The van der Waals surface area contributed by atoms with Gasteiger partial charge in [0.2, 0.25) is 0 Å². The van der Waals surface area contributed by atoms with Crippen molar-refractivity contribution in [2.75, 3.05) is 6.54 Å². The second-order valence-corrected chi connectivity index (χ2v) is 7.02. The van der Waals surface area contributed by atoms with Crippen LogP contribution in [0.15, 0.2) is 0 Å². The molecule has 0 aliphatic heterocycles. The van der Waals surface area contributed by atoms with Gasteiger partial charge in [0.1, 0.15) is 0 Å². The highest BCUT2D eigenvalue weighted by Crippen LogP contribution is 2.41. The largest absolute Gasteiger partial charge is 0.389 e. The summed E-state index contributed by atoms with van der Waals surface area (Å²) in [5.41, 5.74) is -0.00437. The predicted octanol–water partition coefficient (Wildman–Crippen LogP) is 2.71. The molecule has 0 bridgehead atoms. The molecule has 94 valence electrons. The fraction of sp³-hybridized carbons (Fsp3) is 1.00. The number of aliphatic hydroxyl groups is 1. The standard InChI is InChI=1S/C14H27NO/c1-13(2,3)11-6-8-14(16,9-7-11)10-15-12-4-5-12/h11-12,15-16H,4-10H2,1-3H3. The Hall–Kier alpha value is -0.0800. The molecule has 0 aromatic rings. The van der Waals surface area contributed by atoms with Crippen LogP contribution in [0.3, 0.4) is 0 Å². The minimum atomic E-state index is -0.412. The topological polar surface area (TPSA) is 32.3 Å². The maximum atomic E-state index is 10.5. The molecule has 0 unspecified atom stereocenters. The first-order valence-corrected chi connectivity index (χ1v) is 6.85. The Morgan fingerprint density at radius 1 is 1.12 bits per heavy atom. The third-order valence-corrected chi connectivity index (χ3v) is 4.44. The summed E-state index contributed by atoms with van der Waals surface area (Å²) < 4.78 is 0. The molecule has 2 nitrogen and oxygen atoms in total. The second-order valence-electron chi connectivity index (χ2n) is 7.02. The zero-order chi connectivity index (χ0) is 11.8. The molecule has 2 aliphatic carbocycles. The molecule has 16 heavy (non-hydrogen) atoms. The minimum absolute atomic E-state index is 0.408. The van der Waals surface area contributed by atoms with Gasteiger partial charge < -0.3 is 10.4 Å². The Kier molecular flexibility index (Phi) is 3.33. The van der Waals surface area contributed by atoms with Gasteiger partial charge in [0.25, 0.3) is 0 Å². The summed E-state index contributed by atoms with van der Waals surface area (Å²) in [6.45, 7) is 7.79. The Morgan fingerprint density at radius 2 is 1.69 bits per heavy atom. The lowest BCUT2D eigenvalue weighted by atomic mass is 9.68.